The summed E-state index contributed by atoms with van der Waals surface area (Å²) in [6, 6.07) is 1.60. The molecule has 0 heterocycles. The highest BCUT2D eigenvalue weighted by atomic mass is 15.1. The van der Waals surface area contributed by atoms with E-state index in [9.17, 15) is 0 Å². The van der Waals surface area contributed by atoms with Gasteiger partial charge in [0.2, 0.25) is 0 Å². The fourth-order valence-corrected chi connectivity index (χ4v) is 4.07. The Bertz CT molecular complexity index is 270. The van der Waals surface area contributed by atoms with Crippen LogP contribution >= 0.6 is 0 Å². The van der Waals surface area contributed by atoms with E-state index in [1.54, 1.807) is 0 Å². The zero-order valence-electron chi connectivity index (χ0n) is 13.5. The molecule has 2 saturated carbocycles. The molecule has 0 aromatic heterocycles. The first-order chi connectivity index (χ1) is 9.04. The summed E-state index contributed by atoms with van der Waals surface area (Å²) in [5.41, 5.74) is 0.471. The number of hydrogen-bond donors (Lipinski definition) is 1. The lowest BCUT2D eigenvalue weighted by atomic mass is 9.67. The minimum absolute atomic E-state index is 0.471. The normalized spacial score (nSPS) is 31.4. The standard InChI is InChI=1S/C17H34N2/c1-5-12-18-16-14(8-7-11-17(16,2)3)13-19(4)15-9-6-10-15/h14-16,18H,5-13H2,1-4H3. The third-order valence-corrected chi connectivity index (χ3v) is 5.54. The van der Waals surface area contributed by atoms with E-state index in [1.807, 2.05) is 0 Å². The van der Waals surface area contributed by atoms with E-state index in [4.69, 9.17) is 0 Å². The molecule has 0 saturated heterocycles. The van der Waals surface area contributed by atoms with Gasteiger partial charge in [-0.3, -0.25) is 0 Å². The van der Waals surface area contributed by atoms with Crippen molar-refractivity contribution in [2.24, 2.45) is 11.3 Å². The lowest BCUT2D eigenvalue weighted by Gasteiger charge is -2.47. The summed E-state index contributed by atoms with van der Waals surface area (Å²) >= 11 is 0. The number of rotatable bonds is 6. The zero-order chi connectivity index (χ0) is 13.9. The summed E-state index contributed by atoms with van der Waals surface area (Å²) in [6.07, 6.45) is 9.78. The van der Waals surface area contributed by atoms with Crippen molar-refractivity contribution in [3.8, 4) is 0 Å². The van der Waals surface area contributed by atoms with Crippen LogP contribution in [0.4, 0.5) is 0 Å². The van der Waals surface area contributed by atoms with Gasteiger partial charge >= 0.3 is 0 Å². The first kappa shape index (κ1) is 15.3. The van der Waals surface area contributed by atoms with Crippen molar-refractivity contribution in [1.29, 1.82) is 0 Å². The molecular weight excluding hydrogens is 232 g/mol. The summed E-state index contributed by atoms with van der Waals surface area (Å²) in [7, 11) is 2.35. The maximum Gasteiger partial charge on any atom is 0.0159 e. The molecule has 2 aliphatic carbocycles. The Morgan fingerprint density at radius 3 is 2.47 bits per heavy atom. The van der Waals surface area contributed by atoms with E-state index in [0.717, 1.165) is 12.0 Å². The van der Waals surface area contributed by atoms with E-state index in [2.05, 4.69) is 38.0 Å². The van der Waals surface area contributed by atoms with Crippen molar-refractivity contribution in [1.82, 2.24) is 10.2 Å². The predicted octanol–water partition coefficient (Wildman–Crippen LogP) is 3.67. The molecular formula is C17H34N2. The minimum Gasteiger partial charge on any atom is -0.313 e. The summed E-state index contributed by atoms with van der Waals surface area (Å²) in [6.45, 7) is 9.69. The summed E-state index contributed by atoms with van der Waals surface area (Å²) in [5, 5.41) is 3.87. The fourth-order valence-electron chi connectivity index (χ4n) is 4.07. The molecule has 2 rings (SSSR count). The molecule has 2 aliphatic rings. The Balaban J connectivity index is 1.94. The average Bonchev–Trinajstić information content (AvgIpc) is 2.25. The van der Waals surface area contributed by atoms with Crippen LogP contribution in [-0.2, 0) is 0 Å². The molecule has 2 atom stereocenters. The van der Waals surface area contributed by atoms with Crippen LogP contribution in [0, 0.1) is 11.3 Å². The van der Waals surface area contributed by atoms with Gasteiger partial charge in [-0.1, -0.05) is 33.6 Å². The van der Waals surface area contributed by atoms with Crippen molar-refractivity contribution in [3.63, 3.8) is 0 Å². The van der Waals surface area contributed by atoms with Gasteiger partial charge < -0.3 is 10.2 Å². The number of hydrogen-bond acceptors (Lipinski definition) is 2. The van der Waals surface area contributed by atoms with Gasteiger partial charge in [-0.05, 0) is 57.0 Å². The minimum atomic E-state index is 0.471. The molecule has 0 spiro atoms. The summed E-state index contributed by atoms with van der Waals surface area (Å²) in [5.74, 6) is 0.848. The molecule has 2 fully saturated rings. The van der Waals surface area contributed by atoms with Crippen LogP contribution in [0.25, 0.3) is 0 Å². The molecule has 0 bridgehead atoms. The largest absolute Gasteiger partial charge is 0.313 e. The summed E-state index contributed by atoms with van der Waals surface area (Å²) in [4.78, 5) is 2.65. The number of nitrogens with one attached hydrogen (secondary N) is 1. The molecule has 0 aliphatic heterocycles. The van der Waals surface area contributed by atoms with Crippen molar-refractivity contribution in [2.75, 3.05) is 20.1 Å². The molecule has 2 heteroatoms. The lowest BCUT2D eigenvalue weighted by molar-refractivity contribution is 0.0596. The third kappa shape index (κ3) is 3.72. The fraction of sp³-hybridized carbons (Fsp3) is 1.00. The highest BCUT2D eigenvalue weighted by Gasteiger charge is 2.39. The second kappa shape index (κ2) is 6.58. The molecule has 2 nitrogen and oxygen atoms in total. The topological polar surface area (TPSA) is 15.3 Å². The second-order valence-electron chi connectivity index (χ2n) is 7.60. The Kier molecular flexibility index (Phi) is 5.30. The van der Waals surface area contributed by atoms with Gasteiger partial charge in [0.05, 0.1) is 0 Å². The van der Waals surface area contributed by atoms with E-state index in [0.29, 0.717) is 11.5 Å². The van der Waals surface area contributed by atoms with E-state index in [1.165, 1.54) is 58.0 Å². The average molecular weight is 266 g/mol. The summed E-state index contributed by atoms with van der Waals surface area (Å²) < 4.78 is 0. The van der Waals surface area contributed by atoms with Gasteiger partial charge in [0.1, 0.15) is 0 Å². The van der Waals surface area contributed by atoms with Crippen LogP contribution in [0.3, 0.4) is 0 Å². The molecule has 0 aromatic carbocycles. The van der Waals surface area contributed by atoms with Crippen molar-refractivity contribution in [2.45, 2.75) is 77.8 Å². The van der Waals surface area contributed by atoms with Gasteiger partial charge in [-0.2, -0.15) is 0 Å². The van der Waals surface area contributed by atoms with E-state index >= 15 is 0 Å². The van der Waals surface area contributed by atoms with Crippen LogP contribution in [-0.4, -0.2) is 37.1 Å². The van der Waals surface area contributed by atoms with Crippen LogP contribution in [0.1, 0.15) is 65.7 Å². The van der Waals surface area contributed by atoms with Crippen LogP contribution < -0.4 is 5.32 Å². The molecule has 19 heavy (non-hydrogen) atoms. The maximum atomic E-state index is 3.87. The van der Waals surface area contributed by atoms with Crippen molar-refractivity contribution < 1.29 is 0 Å². The monoisotopic (exact) mass is 266 g/mol. The van der Waals surface area contributed by atoms with Crippen LogP contribution in [0.15, 0.2) is 0 Å². The van der Waals surface area contributed by atoms with Gasteiger partial charge in [0.15, 0.2) is 0 Å². The Hall–Kier alpha value is -0.0800. The van der Waals surface area contributed by atoms with Crippen molar-refractivity contribution >= 4 is 0 Å². The first-order valence-electron chi connectivity index (χ1n) is 8.48. The third-order valence-electron chi connectivity index (χ3n) is 5.54. The molecule has 0 radical (unpaired) electrons. The van der Waals surface area contributed by atoms with Gasteiger partial charge in [-0.15, -0.1) is 0 Å². The zero-order valence-corrected chi connectivity index (χ0v) is 13.5. The highest BCUT2D eigenvalue weighted by Crippen LogP contribution is 2.40. The highest BCUT2D eigenvalue weighted by molar-refractivity contribution is 4.95. The van der Waals surface area contributed by atoms with E-state index in [-0.39, 0.29) is 0 Å². The second-order valence-corrected chi connectivity index (χ2v) is 7.60. The van der Waals surface area contributed by atoms with Crippen molar-refractivity contribution in [3.05, 3.63) is 0 Å². The Morgan fingerprint density at radius 1 is 1.16 bits per heavy atom. The van der Waals surface area contributed by atoms with E-state index < -0.39 is 0 Å². The van der Waals surface area contributed by atoms with Crippen LogP contribution in [0.2, 0.25) is 0 Å². The first-order valence-corrected chi connectivity index (χ1v) is 8.48. The molecule has 0 amide bonds. The van der Waals surface area contributed by atoms with Gasteiger partial charge in [-0.25, -0.2) is 0 Å². The van der Waals surface area contributed by atoms with Gasteiger partial charge in [0.25, 0.3) is 0 Å². The quantitative estimate of drug-likeness (QED) is 0.789. The Labute approximate surface area is 120 Å². The molecule has 112 valence electrons. The molecule has 0 aromatic rings. The lowest BCUT2D eigenvalue weighted by Crippen LogP contribution is -2.54. The number of nitrogens with zero attached hydrogens (tertiary/aromatic N) is 1. The molecule has 2 unspecified atom stereocenters. The molecule has 1 N–H and O–H groups in total. The maximum absolute atomic E-state index is 3.87. The SMILES string of the molecule is CCCNC1C(CN(C)C2CCC2)CCCC1(C)C. The smallest absolute Gasteiger partial charge is 0.0159 e. The van der Waals surface area contributed by atoms with Crippen LogP contribution in [0.5, 0.6) is 0 Å². The Morgan fingerprint density at radius 2 is 1.89 bits per heavy atom. The predicted molar refractivity (Wildman–Crippen MR) is 83.5 cm³/mol. The van der Waals surface area contributed by atoms with Gasteiger partial charge in [0, 0.05) is 18.6 Å².